The minimum Gasteiger partial charge on any atom is -0.366 e. The molecule has 0 heterocycles. The van der Waals surface area contributed by atoms with Gasteiger partial charge in [0.05, 0.1) is 0 Å². The van der Waals surface area contributed by atoms with Gasteiger partial charge in [-0.15, -0.1) is 0 Å². The van der Waals surface area contributed by atoms with Crippen molar-refractivity contribution in [3.63, 3.8) is 0 Å². The van der Waals surface area contributed by atoms with E-state index in [1.165, 1.54) is 6.08 Å². The number of fused-ring (bicyclic) bond motifs is 3. The molecule has 92 valence electrons. The van der Waals surface area contributed by atoms with Gasteiger partial charge in [0.15, 0.2) is 5.78 Å². The molecule has 2 aromatic rings. The number of hydrogen-bond donors (Lipinski definition) is 1. The smallest absolute Gasteiger partial charge is 0.241 e. The van der Waals surface area contributed by atoms with E-state index in [4.69, 9.17) is 5.73 Å². The van der Waals surface area contributed by atoms with Crippen LogP contribution in [0.3, 0.4) is 0 Å². The average Bonchev–Trinajstić information content (AvgIpc) is 2.71. The van der Waals surface area contributed by atoms with Crippen molar-refractivity contribution in [1.82, 2.24) is 0 Å². The lowest BCUT2D eigenvalue weighted by molar-refractivity contribution is -0.113. The minimum atomic E-state index is -0.505. The number of carbonyl (C=O) groups excluding carboxylic acids is 2. The van der Waals surface area contributed by atoms with Gasteiger partial charge in [0.1, 0.15) is 0 Å². The van der Waals surface area contributed by atoms with Gasteiger partial charge in [0, 0.05) is 17.2 Å². The van der Waals surface area contributed by atoms with E-state index in [9.17, 15) is 9.59 Å². The molecule has 1 aliphatic carbocycles. The molecule has 1 aliphatic rings. The van der Waals surface area contributed by atoms with Crippen molar-refractivity contribution in [2.45, 2.75) is 0 Å². The summed E-state index contributed by atoms with van der Waals surface area (Å²) in [5.41, 5.74) is 9.16. The Hall–Kier alpha value is -2.68. The summed E-state index contributed by atoms with van der Waals surface area (Å²) in [4.78, 5) is 23.0. The maximum atomic E-state index is 12.3. The molecule has 0 radical (unpaired) electrons. The third-order valence-electron chi connectivity index (χ3n) is 3.19. The van der Waals surface area contributed by atoms with Crippen molar-refractivity contribution in [1.29, 1.82) is 0 Å². The van der Waals surface area contributed by atoms with Crippen LogP contribution in [0.2, 0.25) is 0 Å². The molecule has 0 aliphatic heterocycles. The van der Waals surface area contributed by atoms with Crippen LogP contribution in [0.15, 0.2) is 48.5 Å². The first-order valence-electron chi connectivity index (χ1n) is 5.92. The zero-order valence-corrected chi connectivity index (χ0v) is 10.1. The summed E-state index contributed by atoms with van der Waals surface area (Å²) in [5, 5.41) is 0. The molecule has 3 nitrogen and oxygen atoms in total. The summed E-state index contributed by atoms with van der Waals surface area (Å²) in [5.74, 6) is -0.477. The van der Waals surface area contributed by atoms with E-state index in [2.05, 4.69) is 0 Å². The van der Waals surface area contributed by atoms with Gasteiger partial charge >= 0.3 is 0 Å². The lowest BCUT2D eigenvalue weighted by atomic mass is 10.0. The molecule has 0 saturated carbocycles. The fourth-order valence-electron chi connectivity index (χ4n) is 2.33. The fraction of sp³-hybridized carbons (Fsp3) is 0. The molecule has 0 saturated heterocycles. The molecule has 0 atom stereocenters. The molecule has 0 spiro atoms. The summed E-state index contributed by atoms with van der Waals surface area (Å²) in [6, 6.07) is 13.1. The number of nitrogens with two attached hydrogens (primary N) is 1. The Labute approximate surface area is 110 Å². The molecular weight excluding hydrogens is 238 g/mol. The number of ketones is 1. The van der Waals surface area contributed by atoms with Crippen LogP contribution < -0.4 is 5.73 Å². The van der Waals surface area contributed by atoms with Gasteiger partial charge in [0.2, 0.25) is 5.91 Å². The largest absolute Gasteiger partial charge is 0.366 e. The Morgan fingerprint density at radius 1 is 0.947 bits per heavy atom. The number of primary amides is 1. The van der Waals surface area contributed by atoms with Crippen molar-refractivity contribution < 1.29 is 9.59 Å². The Kier molecular flexibility index (Phi) is 2.53. The van der Waals surface area contributed by atoms with Crippen LogP contribution in [0.1, 0.15) is 21.5 Å². The highest BCUT2D eigenvalue weighted by Gasteiger charge is 2.25. The minimum absolute atomic E-state index is 0.0277. The maximum absolute atomic E-state index is 12.3. The molecular formula is C16H11NO2. The van der Waals surface area contributed by atoms with Crippen LogP contribution in [0.4, 0.5) is 0 Å². The van der Waals surface area contributed by atoms with E-state index >= 15 is 0 Å². The highest BCUT2D eigenvalue weighted by Crippen LogP contribution is 2.36. The fourth-order valence-corrected chi connectivity index (χ4v) is 2.33. The summed E-state index contributed by atoms with van der Waals surface area (Å²) in [7, 11) is 0. The molecule has 3 rings (SSSR count). The topological polar surface area (TPSA) is 60.2 Å². The number of rotatable bonds is 2. The van der Waals surface area contributed by atoms with Crippen LogP contribution >= 0.6 is 0 Å². The van der Waals surface area contributed by atoms with E-state index < -0.39 is 5.91 Å². The van der Waals surface area contributed by atoms with Crippen LogP contribution in [0, 0.1) is 0 Å². The third-order valence-corrected chi connectivity index (χ3v) is 3.19. The highest BCUT2D eigenvalue weighted by atomic mass is 16.1. The number of carbonyl (C=O) groups is 2. The van der Waals surface area contributed by atoms with Crippen LogP contribution in [-0.4, -0.2) is 11.7 Å². The number of benzene rings is 2. The number of amides is 1. The molecule has 2 aromatic carbocycles. The van der Waals surface area contributed by atoms with Crippen LogP contribution in [0.5, 0.6) is 0 Å². The van der Waals surface area contributed by atoms with E-state index in [1.54, 1.807) is 12.1 Å². The normalized spacial score (nSPS) is 12.5. The second-order valence-electron chi connectivity index (χ2n) is 4.42. The highest BCUT2D eigenvalue weighted by molar-refractivity contribution is 6.21. The van der Waals surface area contributed by atoms with Gasteiger partial charge in [-0.1, -0.05) is 36.4 Å². The predicted octanol–water partition coefficient (Wildman–Crippen LogP) is 2.40. The molecule has 0 fully saturated rings. The van der Waals surface area contributed by atoms with Crippen LogP contribution in [-0.2, 0) is 4.79 Å². The van der Waals surface area contributed by atoms with Crippen molar-refractivity contribution >= 4 is 17.8 Å². The van der Waals surface area contributed by atoms with Gasteiger partial charge in [-0.25, -0.2) is 0 Å². The van der Waals surface area contributed by atoms with Crippen molar-refractivity contribution in [3.8, 4) is 11.1 Å². The molecule has 1 amide bonds. The van der Waals surface area contributed by atoms with Crippen molar-refractivity contribution in [3.05, 3.63) is 65.2 Å². The van der Waals surface area contributed by atoms with E-state index in [1.807, 2.05) is 36.4 Å². The second-order valence-corrected chi connectivity index (χ2v) is 4.42. The van der Waals surface area contributed by atoms with E-state index in [0.717, 1.165) is 22.3 Å². The Morgan fingerprint density at radius 3 is 2.37 bits per heavy atom. The van der Waals surface area contributed by atoms with Crippen molar-refractivity contribution in [2.24, 2.45) is 5.73 Å². The lowest BCUT2D eigenvalue weighted by Crippen LogP contribution is -2.05. The molecule has 0 bridgehead atoms. The maximum Gasteiger partial charge on any atom is 0.241 e. The molecule has 0 aromatic heterocycles. The first-order valence-corrected chi connectivity index (χ1v) is 5.92. The SMILES string of the molecule is NC(=O)C=Cc1ccc2c(c1)C(=O)c1ccccc1-2. The zero-order valence-electron chi connectivity index (χ0n) is 10.1. The first-order chi connectivity index (χ1) is 9.16. The quantitative estimate of drug-likeness (QED) is 0.709. The second kappa shape index (κ2) is 4.21. The van der Waals surface area contributed by atoms with Gasteiger partial charge in [-0.05, 0) is 28.8 Å². The third kappa shape index (κ3) is 1.85. The van der Waals surface area contributed by atoms with Gasteiger partial charge < -0.3 is 5.73 Å². The Bertz CT molecular complexity index is 729. The Balaban J connectivity index is 2.10. The van der Waals surface area contributed by atoms with Gasteiger partial charge in [0.25, 0.3) is 0 Å². The summed E-state index contributed by atoms with van der Waals surface area (Å²) < 4.78 is 0. The Morgan fingerprint density at radius 2 is 1.63 bits per heavy atom. The summed E-state index contributed by atoms with van der Waals surface area (Å²) >= 11 is 0. The molecule has 3 heteroatoms. The monoisotopic (exact) mass is 249 g/mol. The molecule has 19 heavy (non-hydrogen) atoms. The van der Waals surface area contributed by atoms with Gasteiger partial charge in [-0.3, -0.25) is 9.59 Å². The summed E-state index contributed by atoms with van der Waals surface area (Å²) in [6.45, 7) is 0. The number of hydrogen-bond acceptors (Lipinski definition) is 2. The molecule has 2 N–H and O–H groups in total. The van der Waals surface area contributed by atoms with Crippen LogP contribution in [0.25, 0.3) is 17.2 Å². The summed E-state index contributed by atoms with van der Waals surface area (Å²) in [6.07, 6.45) is 2.90. The standard InChI is InChI=1S/C16H11NO2/c17-15(18)8-6-10-5-7-12-11-3-1-2-4-13(11)16(19)14(12)9-10/h1-9H,(H2,17,18). The van der Waals surface area contributed by atoms with Crippen molar-refractivity contribution in [2.75, 3.05) is 0 Å². The van der Waals surface area contributed by atoms with E-state index in [-0.39, 0.29) is 5.78 Å². The van der Waals surface area contributed by atoms with Gasteiger partial charge in [-0.2, -0.15) is 0 Å². The predicted molar refractivity (Wildman–Crippen MR) is 73.5 cm³/mol. The first kappa shape index (κ1) is 11.4. The van der Waals surface area contributed by atoms with E-state index in [0.29, 0.717) is 5.56 Å². The molecule has 0 unspecified atom stereocenters. The average molecular weight is 249 g/mol. The zero-order chi connectivity index (χ0) is 13.4. The lowest BCUT2D eigenvalue weighted by Gasteiger charge is -2.00.